The number of hydrogen-bond acceptors (Lipinski definition) is 2. The number of amides is 1. The fourth-order valence-corrected chi connectivity index (χ4v) is 2.11. The summed E-state index contributed by atoms with van der Waals surface area (Å²) in [7, 11) is 1.88. The summed E-state index contributed by atoms with van der Waals surface area (Å²) in [6.45, 7) is 1.54. The third kappa shape index (κ3) is 4.51. The van der Waals surface area contributed by atoms with Crippen LogP contribution in [0.2, 0.25) is 5.02 Å². The molecule has 0 saturated heterocycles. The van der Waals surface area contributed by atoms with Gasteiger partial charge in [-0.3, -0.25) is 4.79 Å². The van der Waals surface area contributed by atoms with E-state index in [2.05, 4.69) is 26.6 Å². The van der Waals surface area contributed by atoms with Gasteiger partial charge in [0.05, 0.1) is 0 Å². The zero-order valence-electron chi connectivity index (χ0n) is 9.02. The fraction of sp³-hybridized carbons (Fsp3) is 0.364. The smallest absolute Gasteiger partial charge is 0.251 e. The summed E-state index contributed by atoms with van der Waals surface area (Å²) in [4.78, 5) is 11.7. The van der Waals surface area contributed by atoms with Gasteiger partial charge in [-0.05, 0) is 38.2 Å². The van der Waals surface area contributed by atoms with E-state index in [-0.39, 0.29) is 5.91 Å². The first-order chi connectivity index (χ1) is 7.63. The van der Waals surface area contributed by atoms with Crippen molar-refractivity contribution in [1.29, 1.82) is 0 Å². The summed E-state index contributed by atoms with van der Waals surface area (Å²) >= 11 is 9.16. The molecule has 0 bridgehead atoms. The molecule has 0 aliphatic carbocycles. The molecule has 3 nitrogen and oxygen atoms in total. The Labute approximate surface area is 109 Å². The number of carbonyl (C=O) groups excluding carboxylic acids is 1. The van der Waals surface area contributed by atoms with Crippen LogP contribution in [-0.2, 0) is 0 Å². The molecule has 0 aromatic heterocycles. The van der Waals surface area contributed by atoms with Crippen LogP contribution in [0.25, 0.3) is 0 Å². The Hall–Kier alpha value is -0.580. The number of rotatable bonds is 5. The molecular weight excluding hydrogens is 291 g/mol. The zero-order valence-corrected chi connectivity index (χ0v) is 11.4. The third-order valence-electron chi connectivity index (χ3n) is 2.01. The van der Waals surface area contributed by atoms with Crippen LogP contribution in [0.4, 0.5) is 0 Å². The highest BCUT2D eigenvalue weighted by molar-refractivity contribution is 9.10. The maximum atomic E-state index is 11.7. The van der Waals surface area contributed by atoms with Crippen molar-refractivity contribution in [3.05, 3.63) is 33.3 Å². The molecule has 0 heterocycles. The molecule has 1 rings (SSSR count). The largest absolute Gasteiger partial charge is 0.352 e. The van der Waals surface area contributed by atoms with E-state index in [0.29, 0.717) is 17.1 Å². The molecule has 0 aliphatic heterocycles. The lowest BCUT2D eigenvalue weighted by Crippen LogP contribution is -2.26. The van der Waals surface area contributed by atoms with Crippen LogP contribution in [0.5, 0.6) is 0 Å². The Morgan fingerprint density at radius 2 is 2.12 bits per heavy atom. The van der Waals surface area contributed by atoms with E-state index < -0.39 is 0 Å². The number of hydrogen-bond donors (Lipinski definition) is 2. The predicted octanol–water partition coefficient (Wildman–Crippen LogP) is 2.44. The molecule has 0 spiro atoms. The van der Waals surface area contributed by atoms with Crippen molar-refractivity contribution in [2.45, 2.75) is 6.42 Å². The molecule has 0 saturated carbocycles. The molecule has 1 amide bonds. The Bertz CT molecular complexity index is 351. The van der Waals surface area contributed by atoms with Crippen molar-refractivity contribution in [2.75, 3.05) is 20.1 Å². The van der Waals surface area contributed by atoms with Gasteiger partial charge in [0.1, 0.15) is 0 Å². The van der Waals surface area contributed by atoms with Crippen LogP contribution < -0.4 is 10.6 Å². The Kier molecular flexibility index (Phi) is 5.80. The second kappa shape index (κ2) is 6.89. The van der Waals surface area contributed by atoms with Gasteiger partial charge in [-0.15, -0.1) is 0 Å². The van der Waals surface area contributed by atoms with E-state index in [0.717, 1.165) is 17.4 Å². The molecule has 0 aliphatic rings. The summed E-state index contributed by atoms with van der Waals surface area (Å²) in [5.74, 6) is -0.0979. The van der Waals surface area contributed by atoms with Gasteiger partial charge in [0.2, 0.25) is 0 Å². The lowest BCUT2D eigenvalue weighted by atomic mass is 10.2. The molecular formula is C11H14BrClN2O. The van der Waals surface area contributed by atoms with Crippen molar-refractivity contribution < 1.29 is 4.79 Å². The Balaban J connectivity index is 2.52. The number of carbonyl (C=O) groups is 1. The lowest BCUT2D eigenvalue weighted by Gasteiger charge is -2.05. The molecule has 0 unspecified atom stereocenters. The highest BCUT2D eigenvalue weighted by Gasteiger charge is 2.06. The molecule has 0 radical (unpaired) electrons. The standard InChI is InChI=1S/C11H14BrClN2O/c1-14-3-2-4-15-11(16)8-5-9(12)7-10(13)6-8/h5-7,14H,2-4H2,1H3,(H,15,16). The zero-order chi connectivity index (χ0) is 12.0. The van der Waals surface area contributed by atoms with Crippen LogP contribution in [0.1, 0.15) is 16.8 Å². The van der Waals surface area contributed by atoms with Crippen molar-refractivity contribution >= 4 is 33.4 Å². The minimum atomic E-state index is -0.0979. The average molecular weight is 306 g/mol. The van der Waals surface area contributed by atoms with Crippen LogP contribution in [0, 0.1) is 0 Å². The fourth-order valence-electron chi connectivity index (χ4n) is 1.25. The first-order valence-corrected chi connectivity index (χ1v) is 6.19. The Morgan fingerprint density at radius 1 is 1.38 bits per heavy atom. The van der Waals surface area contributed by atoms with Crippen LogP contribution in [0.15, 0.2) is 22.7 Å². The van der Waals surface area contributed by atoms with Gasteiger partial charge in [0.15, 0.2) is 0 Å². The highest BCUT2D eigenvalue weighted by Crippen LogP contribution is 2.19. The van der Waals surface area contributed by atoms with Crippen LogP contribution in [0.3, 0.4) is 0 Å². The summed E-state index contributed by atoms with van der Waals surface area (Å²) in [6.07, 6.45) is 0.907. The van der Waals surface area contributed by atoms with Crippen molar-refractivity contribution in [3.8, 4) is 0 Å². The normalized spacial score (nSPS) is 10.2. The van der Waals surface area contributed by atoms with Gasteiger partial charge >= 0.3 is 0 Å². The van der Waals surface area contributed by atoms with E-state index in [1.54, 1.807) is 18.2 Å². The minimum absolute atomic E-state index is 0.0979. The molecule has 1 aromatic rings. The van der Waals surface area contributed by atoms with E-state index in [1.165, 1.54) is 0 Å². The second-order valence-electron chi connectivity index (χ2n) is 3.37. The van der Waals surface area contributed by atoms with E-state index in [1.807, 2.05) is 7.05 Å². The molecule has 88 valence electrons. The molecule has 2 N–H and O–H groups in total. The monoisotopic (exact) mass is 304 g/mol. The van der Waals surface area contributed by atoms with Crippen molar-refractivity contribution in [2.24, 2.45) is 0 Å². The highest BCUT2D eigenvalue weighted by atomic mass is 79.9. The Morgan fingerprint density at radius 3 is 2.75 bits per heavy atom. The first kappa shape index (κ1) is 13.5. The van der Waals surface area contributed by atoms with Crippen molar-refractivity contribution in [3.63, 3.8) is 0 Å². The maximum Gasteiger partial charge on any atom is 0.251 e. The van der Waals surface area contributed by atoms with E-state index >= 15 is 0 Å². The van der Waals surface area contributed by atoms with Gasteiger partial charge in [-0.1, -0.05) is 27.5 Å². The minimum Gasteiger partial charge on any atom is -0.352 e. The lowest BCUT2D eigenvalue weighted by molar-refractivity contribution is 0.0953. The predicted molar refractivity (Wildman–Crippen MR) is 70.0 cm³/mol. The summed E-state index contributed by atoms with van der Waals surface area (Å²) in [5.41, 5.74) is 0.573. The van der Waals surface area contributed by atoms with E-state index in [4.69, 9.17) is 11.6 Å². The van der Waals surface area contributed by atoms with Gasteiger partial charge in [0, 0.05) is 21.6 Å². The average Bonchev–Trinajstić information content (AvgIpc) is 2.22. The number of nitrogens with one attached hydrogen (secondary N) is 2. The van der Waals surface area contributed by atoms with E-state index in [9.17, 15) is 4.79 Å². The van der Waals surface area contributed by atoms with Gasteiger partial charge in [-0.25, -0.2) is 0 Å². The van der Waals surface area contributed by atoms with Gasteiger partial charge in [0.25, 0.3) is 5.91 Å². The second-order valence-corrected chi connectivity index (χ2v) is 4.72. The number of benzene rings is 1. The quantitative estimate of drug-likeness (QED) is 0.821. The number of halogens is 2. The summed E-state index contributed by atoms with van der Waals surface area (Å²) in [5, 5.41) is 6.40. The molecule has 1 aromatic carbocycles. The maximum absolute atomic E-state index is 11.7. The van der Waals surface area contributed by atoms with Gasteiger partial charge < -0.3 is 10.6 Å². The molecule has 16 heavy (non-hydrogen) atoms. The SMILES string of the molecule is CNCCCNC(=O)c1cc(Cl)cc(Br)c1. The topological polar surface area (TPSA) is 41.1 Å². The molecule has 0 fully saturated rings. The first-order valence-electron chi connectivity index (χ1n) is 5.02. The molecule has 5 heteroatoms. The van der Waals surface area contributed by atoms with Crippen LogP contribution >= 0.6 is 27.5 Å². The summed E-state index contributed by atoms with van der Waals surface area (Å²) in [6, 6.07) is 5.15. The molecule has 0 atom stereocenters. The van der Waals surface area contributed by atoms with Crippen molar-refractivity contribution in [1.82, 2.24) is 10.6 Å². The van der Waals surface area contributed by atoms with Crippen LogP contribution in [-0.4, -0.2) is 26.0 Å². The third-order valence-corrected chi connectivity index (χ3v) is 2.69. The summed E-state index contributed by atoms with van der Waals surface area (Å²) < 4.78 is 0.806. The van der Waals surface area contributed by atoms with Gasteiger partial charge in [-0.2, -0.15) is 0 Å².